The summed E-state index contributed by atoms with van der Waals surface area (Å²) in [5.41, 5.74) is 0.602. The molecule has 0 aliphatic carbocycles. The summed E-state index contributed by atoms with van der Waals surface area (Å²) < 4.78 is 4.98. The van der Waals surface area contributed by atoms with Crippen LogP contribution in [-0.4, -0.2) is 65.5 Å². The van der Waals surface area contributed by atoms with Gasteiger partial charge in [-0.3, -0.25) is 9.59 Å². The molecule has 23 heavy (non-hydrogen) atoms. The summed E-state index contributed by atoms with van der Waals surface area (Å²) in [5, 5.41) is 9.83. The van der Waals surface area contributed by atoms with E-state index in [1.807, 2.05) is 0 Å². The Hall–Kier alpha value is -2.57. The smallest absolute Gasteiger partial charge is 0.342 e. The Morgan fingerprint density at radius 2 is 1.74 bits per heavy atom. The molecule has 2 rings (SSSR count). The molecule has 1 aromatic carbocycles. The fourth-order valence-electron chi connectivity index (χ4n) is 2.39. The third kappa shape index (κ3) is 4.00. The van der Waals surface area contributed by atoms with Crippen molar-refractivity contribution in [2.45, 2.75) is 13.8 Å². The molecule has 0 spiro atoms. The Bertz CT molecular complexity index is 621. The summed E-state index contributed by atoms with van der Waals surface area (Å²) in [6.07, 6.45) is 0. The number of para-hydroxylation sites is 1. The number of aryl methyl sites for hydroxylation is 1. The lowest BCUT2D eigenvalue weighted by Crippen LogP contribution is -2.51. The average molecular weight is 320 g/mol. The van der Waals surface area contributed by atoms with Crippen molar-refractivity contribution in [2.24, 2.45) is 0 Å². The summed E-state index contributed by atoms with van der Waals surface area (Å²) in [7, 11) is 0. The quantitative estimate of drug-likeness (QED) is 0.822. The van der Waals surface area contributed by atoms with E-state index in [0.29, 0.717) is 31.7 Å². The molecule has 1 fully saturated rings. The van der Waals surface area contributed by atoms with Crippen LogP contribution in [0.2, 0.25) is 0 Å². The molecule has 124 valence electrons. The largest absolute Gasteiger partial charge is 0.507 e. The van der Waals surface area contributed by atoms with Crippen molar-refractivity contribution in [1.29, 1.82) is 0 Å². The highest BCUT2D eigenvalue weighted by Crippen LogP contribution is 2.22. The van der Waals surface area contributed by atoms with Crippen molar-refractivity contribution in [3.05, 3.63) is 29.3 Å². The number of hydrogen-bond acceptors (Lipinski definition) is 5. The second-order valence-electron chi connectivity index (χ2n) is 5.43. The number of aromatic hydroxyl groups is 1. The molecule has 1 aliphatic heterocycles. The average Bonchev–Trinajstić information content (AvgIpc) is 2.55. The van der Waals surface area contributed by atoms with Gasteiger partial charge in [0.1, 0.15) is 11.3 Å². The van der Waals surface area contributed by atoms with Crippen molar-refractivity contribution in [3.63, 3.8) is 0 Å². The number of ether oxygens (including phenoxy) is 1. The number of carbonyl (C=O) groups excluding carboxylic acids is 3. The number of carbonyl (C=O) groups is 3. The maximum Gasteiger partial charge on any atom is 0.342 e. The van der Waals surface area contributed by atoms with Gasteiger partial charge in [0, 0.05) is 33.1 Å². The molecule has 1 saturated heterocycles. The van der Waals surface area contributed by atoms with E-state index in [1.54, 1.807) is 28.9 Å². The fourth-order valence-corrected chi connectivity index (χ4v) is 2.39. The lowest BCUT2D eigenvalue weighted by atomic mass is 10.1. The highest BCUT2D eigenvalue weighted by Gasteiger charge is 2.23. The first-order chi connectivity index (χ1) is 10.9. The van der Waals surface area contributed by atoms with Gasteiger partial charge in [-0.1, -0.05) is 12.1 Å². The predicted octanol–water partition coefficient (Wildman–Crippen LogP) is 0.548. The Morgan fingerprint density at radius 1 is 1.13 bits per heavy atom. The monoisotopic (exact) mass is 320 g/mol. The van der Waals surface area contributed by atoms with E-state index in [-0.39, 0.29) is 29.7 Å². The minimum atomic E-state index is -0.734. The molecule has 0 saturated carbocycles. The normalized spacial score (nSPS) is 14.5. The molecule has 7 heteroatoms. The second-order valence-corrected chi connectivity index (χ2v) is 5.43. The molecule has 0 bridgehead atoms. The highest BCUT2D eigenvalue weighted by atomic mass is 16.5. The number of benzene rings is 1. The Labute approximate surface area is 134 Å². The van der Waals surface area contributed by atoms with E-state index in [9.17, 15) is 19.5 Å². The molecule has 7 nitrogen and oxygen atoms in total. The number of piperazine rings is 1. The van der Waals surface area contributed by atoms with Gasteiger partial charge in [-0.25, -0.2) is 4.79 Å². The molecule has 1 aromatic rings. The van der Waals surface area contributed by atoms with Crippen molar-refractivity contribution >= 4 is 17.8 Å². The van der Waals surface area contributed by atoms with Crippen LogP contribution in [-0.2, 0) is 14.3 Å². The first-order valence-corrected chi connectivity index (χ1v) is 7.39. The van der Waals surface area contributed by atoms with Crippen LogP contribution < -0.4 is 0 Å². The van der Waals surface area contributed by atoms with E-state index < -0.39 is 5.97 Å². The first kappa shape index (κ1) is 16.8. The van der Waals surface area contributed by atoms with Crippen LogP contribution in [0.25, 0.3) is 0 Å². The van der Waals surface area contributed by atoms with Gasteiger partial charge in [-0.05, 0) is 18.6 Å². The number of rotatable bonds is 3. The number of nitrogens with zero attached hydrogens (tertiary/aromatic N) is 2. The lowest BCUT2D eigenvalue weighted by Gasteiger charge is -2.34. The maximum absolute atomic E-state index is 12.0. The molecule has 2 amide bonds. The van der Waals surface area contributed by atoms with Crippen molar-refractivity contribution in [2.75, 3.05) is 32.8 Å². The van der Waals surface area contributed by atoms with Crippen molar-refractivity contribution in [1.82, 2.24) is 9.80 Å². The summed E-state index contributed by atoms with van der Waals surface area (Å²) in [4.78, 5) is 38.4. The standard InChI is InChI=1S/C16H20N2O5/c1-11-4-3-5-13(15(11)21)16(22)23-10-14(20)18-8-6-17(7-9-18)12(2)19/h3-5,21H,6-10H2,1-2H3. The topological polar surface area (TPSA) is 87.2 Å². The number of phenolic OH excluding ortho intramolecular Hbond substituents is 1. The number of hydrogen-bond donors (Lipinski definition) is 1. The fraction of sp³-hybridized carbons (Fsp3) is 0.438. The van der Waals surface area contributed by atoms with Crippen LogP contribution in [0.5, 0.6) is 5.75 Å². The summed E-state index contributed by atoms with van der Waals surface area (Å²) >= 11 is 0. The molecule has 0 radical (unpaired) electrons. The third-order valence-corrected chi connectivity index (χ3v) is 3.86. The Balaban J connectivity index is 1.86. The van der Waals surface area contributed by atoms with Gasteiger partial charge >= 0.3 is 5.97 Å². The van der Waals surface area contributed by atoms with E-state index in [2.05, 4.69) is 0 Å². The van der Waals surface area contributed by atoms with E-state index in [4.69, 9.17) is 4.74 Å². The summed E-state index contributed by atoms with van der Waals surface area (Å²) in [6.45, 7) is 4.59. The SMILES string of the molecule is CC(=O)N1CCN(C(=O)COC(=O)c2cccc(C)c2O)CC1. The third-order valence-electron chi connectivity index (χ3n) is 3.86. The first-order valence-electron chi connectivity index (χ1n) is 7.39. The zero-order valence-corrected chi connectivity index (χ0v) is 13.2. The maximum atomic E-state index is 12.0. The summed E-state index contributed by atoms with van der Waals surface area (Å²) in [6, 6.07) is 4.75. The van der Waals surface area contributed by atoms with Gasteiger partial charge in [-0.15, -0.1) is 0 Å². The van der Waals surface area contributed by atoms with Crippen LogP contribution in [0.3, 0.4) is 0 Å². The number of esters is 1. The van der Waals surface area contributed by atoms with Crippen molar-refractivity contribution < 1.29 is 24.2 Å². The molecule has 0 aromatic heterocycles. The minimum absolute atomic E-state index is 0.0153. The zero-order valence-electron chi connectivity index (χ0n) is 13.2. The second kappa shape index (κ2) is 7.13. The molecule has 1 N–H and O–H groups in total. The number of amides is 2. The number of phenols is 1. The zero-order chi connectivity index (χ0) is 17.0. The van der Waals surface area contributed by atoms with Crippen LogP contribution in [0.4, 0.5) is 0 Å². The molecule has 1 heterocycles. The Kier molecular flexibility index (Phi) is 5.20. The van der Waals surface area contributed by atoms with Gasteiger partial charge in [0.15, 0.2) is 6.61 Å². The molecule has 0 atom stereocenters. The molecular weight excluding hydrogens is 300 g/mol. The van der Waals surface area contributed by atoms with Crippen LogP contribution >= 0.6 is 0 Å². The summed E-state index contributed by atoms with van der Waals surface area (Å²) in [5.74, 6) is -1.20. The molecular formula is C16H20N2O5. The van der Waals surface area contributed by atoms with E-state index in [0.717, 1.165) is 0 Å². The highest BCUT2D eigenvalue weighted by molar-refractivity contribution is 5.94. The van der Waals surface area contributed by atoms with Gasteiger partial charge in [0.25, 0.3) is 5.91 Å². The van der Waals surface area contributed by atoms with Gasteiger partial charge in [0.2, 0.25) is 5.91 Å². The lowest BCUT2D eigenvalue weighted by molar-refractivity contribution is -0.140. The molecule has 1 aliphatic rings. The van der Waals surface area contributed by atoms with E-state index in [1.165, 1.54) is 13.0 Å². The predicted molar refractivity (Wildman–Crippen MR) is 82.0 cm³/mol. The van der Waals surface area contributed by atoms with Crippen molar-refractivity contribution in [3.8, 4) is 5.75 Å². The van der Waals surface area contributed by atoms with Gasteiger partial charge in [-0.2, -0.15) is 0 Å². The molecule has 0 unspecified atom stereocenters. The van der Waals surface area contributed by atoms with Gasteiger partial charge < -0.3 is 19.6 Å². The van der Waals surface area contributed by atoms with Crippen LogP contribution in [0.15, 0.2) is 18.2 Å². The van der Waals surface area contributed by atoms with Crippen LogP contribution in [0, 0.1) is 6.92 Å². The minimum Gasteiger partial charge on any atom is -0.507 e. The van der Waals surface area contributed by atoms with Gasteiger partial charge in [0.05, 0.1) is 0 Å². The van der Waals surface area contributed by atoms with E-state index >= 15 is 0 Å². The Morgan fingerprint density at radius 3 is 2.35 bits per heavy atom. The van der Waals surface area contributed by atoms with Crippen LogP contribution in [0.1, 0.15) is 22.8 Å².